The monoisotopic (exact) mass is 250 g/mol. The average molecular weight is 250 g/mol. The van der Waals surface area contributed by atoms with Gasteiger partial charge in [0.2, 0.25) is 5.95 Å². The summed E-state index contributed by atoms with van der Waals surface area (Å²) >= 11 is 0. The zero-order chi connectivity index (χ0) is 13.0. The minimum Gasteiger partial charge on any atom is -0.348 e. The van der Waals surface area contributed by atoms with Crippen LogP contribution in [0.2, 0.25) is 0 Å². The molecule has 1 N–H and O–H groups in total. The van der Waals surface area contributed by atoms with Crippen LogP contribution in [-0.2, 0) is 0 Å². The number of nitrogens with one attached hydrogen (secondary N) is 1. The minimum absolute atomic E-state index is 0.162. The molecule has 0 bridgehead atoms. The number of amides is 1. The van der Waals surface area contributed by atoms with Gasteiger partial charge in [0.25, 0.3) is 5.91 Å². The zero-order valence-electron chi connectivity index (χ0n) is 10.7. The standard InChI is InChI=1S/C14H19FN2O/c1-2-10-6-3-4-7-11(10)17-14(18)12-8-5-9-13(15)16-12/h5,8-11H,2-4,6-7H2,1H3,(H,17,18). The maximum Gasteiger partial charge on any atom is 0.270 e. The van der Waals surface area contributed by atoms with Crippen molar-refractivity contribution < 1.29 is 9.18 Å². The van der Waals surface area contributed by atoms with Crippen LogP contribution in [0.25, 0.3) is 0 Å². The second kappa shape index (κ2) is 5.94. The summed E-state index contributed by atoms with van der Waals surface area (Å²) in [4.78, 5) is 15.6. The van der Waals surface area contributed by atoms with Crippen molar-refractivity contribution in [2.75, 3.05) is 0 Å². The van der Waals surface area contributed by atoms with Crippen LogP contribution in [-0.4, -0.2) is 16.9 Å². The minimum atomic E-state index is -0.613. The van der Waals surface area contributed by atoms with Crippen LogP contribution in [0.3, 0.4) is 0 Å². The molecular weight excluding hydrogens is 231 g/mol. The lowest BCUT2D eigenvalue weighted by Crippen LogP contribution is -2.42. The van der Waals surface area contributed by atoms with Crippen molar-refractivity contribution >= 4 is 5.91 Å². The SMILES string of the molecule is CCC1CCCCC1NC(=O)c1cccc(F)n1. The first-order valence-electron chi connectivity index (χ1n) is 6.64. The molecule has 0 saturated heterocycles. The largest absolute Gasteiger partial charge is 0.348 e. The lowest BCUT2D eigenvalue weighted by Gasteiger charge is -2.31. The summed E-state index contributed by atoms with van der Waals surface area (Å²) in [5.41, 5.74) is 0.162. The molecule has 1 aliphatic rings. The molecule has 4 heteroatoms. The molecule has 1 amide bonds. The fourth-order valence-corrected chi connectivity index (χ4v) is 2.66. The highest BCUT2D eigenvalue weighted by Crippen LogP contribution is 2.26. The number of carbonyl (C=O) groups is 1. The molecular formula is C14H19FN2O. The lowest BCUT2D eigenvalue weighted by atomic mass is 9.83. The maximum atomic E-state index is 13.0. The van der Waals surface area contributed by atoms with Gasteiger partial charge in [0.05, 0.1) is 0 Å². The molecule has 0 spiro atoms. The van der Waals surface area contributed by atoms with Crippen LogP contribution in [0.1, 0.15) is 49.5 Å². The van der Waals surface area contributed by atoms with Gasteiger partial charge < -0.3 is 5.32 Å². The highest BCUT2D eigenvalue weighted by molar-refractivity contribution is 5.92. The Balaban J connectivity index is 2.02. The number of hydrogen-bond donors (Lipinski definition) is 1. The highest BCUT2D eigenvalue weighted by Gasteiger charge is 2.25. The van der Waals surface area contributed by atoms with Crippen molar-refractivity contribution in [2.45, 2.75) is 45.1 Å². The van der Waals surface area contributed by atoms with Gasteiger partial charge in [-0.05, 0) is 30.9 Å². The summed E-state index contributed by atoms with van der Waals surface area (Å²) in [5, 5.41) is 3.00. The third-order valence-electron chi connectivity index (χ3n) is 3.70. The normalized spacial score (nSPS) is 23.7. The van der Waals surface area contributed by atoms with Gasteiger partial charge in [-0.25, -0.2) is 4.98 Å². The molecule has 1 aromatic rings. The van der Waals surface area contributed by atoms with Gasteiger partial charge in [0.15, 0.2) is 0 Å². The Hall–Kier alpha value is -1.45. The number of nitrogens with zero attached hydrogens (tertiary/aromatic N) is 1. The van der Waals surface area contributed by atoms with E-state index in [-0.39, 0.29) is 17.6 Å². The van der Waals surface area contributed by atoms with Gasteiger partial charge in [-0.15, -0.1) is 0 Å². The van der Waals surface area contributed by atoms with Crippen molar-refractivity contribution in [3.05, 3.63) is 29.8 Å². The Morgan fingerprint density at radius 2 is 2.22 bits per heavy atom. The van der Waals surface area contributed by atoms with Crippen molar-refractivity contribution in [2.24, 2.45) is 5.92 Å². The van der Waals surface area contributed by atoms with Gasteiger partial charge in [0.1, 0.15) is 5.69 Å². The Morgan fingerprint density at radius 3 is 2.94 bits per heavy atom. The second-order valence-corrected chi connectivity index (χ2v) is 4.88. The number of pyridine rings is 1. The van der Waals surface area contributed by atoms with Crippen LogP contribution < -0.4 is 5.32 Å². The first-order chi connectivity index (χ1) is 8.70. The molecule has 1 aliphatic carbocycles. The fraction of sp³-hybridized carbons (Fsp3) is 0.571. The maximum absolute atomic E-state index is 13.0. The second-order valence-electron chi connectivity index (χ2n) is 4.88. The van der Waals surface area contributed by atoms with Gasteiger partial charge in [-0.1, -0.05) is 32.3 Å². The highest BCUT2D eigenvalue weighted by atomic mass is 19.1. The van der Waals surface area contributed by atoms with Crippen LogP contribution >= 0.6 is 0 Å². The van der Waals surface area contributed by atoms with E-state index >= 15 is 0 Å². The molecule has 0 aromatic carbocycles. The summed E-state index contributed by atoms with van der Waals surface area (Å²) in [5.74, 6) is -0.338. The van der Waals surface area contributed by atoms with Crippen LogP contribution in [0.4, 0.5) is 4.39 Å². The van der Waals surface area contributed by atoms with Crippen LogP contribution in [0, 0.1) is 11.9 Å². The lowest BCUT2D eigenvalue weighted by molar-refractivity contribution is 0.0898. The zero-order valence-corrected chi connectivity index (χ0v) is 10.7. The summed E-state index contributed by atoms with van der Waals surface area (Å²) in [6, 6.07) is 4.51. The molecule has 1 aromatic heterocycles. The van der Waals surface area contributed by atoms with Gasteiger partial charge in [0, 0.05) is 6.04 Å². The molecule has 2 unspecified atom stereocenters. The van der Waals surface area contributed by atoms with E-state index in [9.17, 15) is 9.18 Å². The molecule has 0 radical (unpaired) electrons. The van der Waals surface area contributed by atoms with Gasteiger partial charge >= 0.3 is 0 Å². The molecule has 1 heterocycles. The molecule has 3 nitrogen and oxygen atoms in total. The molecule has 1 saturated carbocycles. The van der Waals surface area contributed by atoms with E-state index in [1.165, 1.54) is 18.6 Å². The summed E-state index contributed by atoms with van der Waals surface area (Å²) in [6.07, 6.45) is 5.64. The van der Waals surface area contributed by atoms with E-state index in [4.69, 9.17) is 0 Å². The number of rotatable bonds is 3. The number of halogens is 1. The third kappa shape index (κ3) is 3.06. The quantitative estimate of drug-likeness (QED) is 0.838. The molecule has 2 rings (SSSR count). The predicted molar refractivity (Wildman–Crippen MR) is 67.7 cm³/mol. The molecule has 98 valence electrons. The summed E-state index contributed by atoms with van der Waals surface area (Å²) in [7, 11) is 0. The third-order valence-corrected chi connectivity index (χ3v) is 3.70. The van der Waals surface area contributed by atoms with Crippen molar-refractivity contribution in [3.63, 3.8) is 0 Å². The average Bonchev–Trinajstić information content (AvgIpc) is 2.39. The van der Waals surface area contributed by atoms with Crippen LogP contribution in [0.5, 0.6) is 0 Å². The molecule has 18 heavy (non-hydrogen) atoms. The molecule has 1 fully saturated rings. The van der Waals surface area contributed by atoms with Crippen molar-refractivity contribution in [1.29, 1.82) is 0 Å². The molecule has 2 atom stereocenters. The fourth-order valence-electron chi connectivity index (χ4n) is 2.66. The van der Waals surface area contributed by atoms with E-state index in [0.29, 0.717) is 5.92 Å². The number of hydrogen-bond acceptors (Lipinski definition) is 2. The van der Waals surface area contributed by atoms with Gasteiger partial charge in [-0.3, -0.25) is 4.79 Å². The Labute approximate surface area is 107 Å². The van der Waals surface area contributed by atoms with E-state index in [0.717, 1.165) is 25.7 Å². The molecule has 0 aliphatic heterocycles. The topological polar surface area (TPSA) is 42.0 Å². The predicted octanol–water partition coefficient (Wildman–Crippen LogP) is 2.92. The summed E-state index contributed by atoms with van der Waals surface area (Å²) in [6.45, 7) is 2.15. The van der Waals surface area contributed by atoms with Crippen LogP contribution in [0.15, 0.2) is 18.2 Å². The Bertz CT molecular complexity index is 422. The van der Waals surface area contributed by atoms with E-state index in [1.807, 2.05) is 0 Å². The van der Waals surface area contributed by atoms with E-state index in [1.54, 1.807) is 6.07 Å². The van der Waals surface area contributed by atoms with Crippen molar-refractivity contribution in [1.82, 2.24) is 10.3 Å². The van der Waals surface area contributed by atoms with Crippen molar-refractivity contribution in [3.8, 4) is 0 Å². The number of aromatic nitrogens is 1. The smallest absolute Gasteiger partial charge is 0.270 e. The Morgan fingerprint density at radius 1 is 1.44 bits per heavy atom. The van der Waals surface area contributed by atoms with E-state index in [2.05, 4.69) is 17.2 Å². The Kier molecular flexibility index (Phi) is 4.28. The first kappa shape index (κ1) is 13.0. The summed E-state index contributed by atoms with van der Waals surface area (Å²) < 4.78 is 13.0. The van der Waals surface area contributed by atoms with E-state index < -0.39 is 5.95 Å². The number of carbonyl (C=O) groups excluding carboxylic acids is 1. The first-order valence-corrected chi connectivity index (χ1v) is 6.64. The van der Waals surface area contributed by atoms with Gasteiger partial charge in [-0.2, -0.15) is 4.39 Å².